The van der Waals surface area contributed by atoms with Crippen molar-refractivity contribution < 1.29 is 9.47 Å². The van der Waals surface area contributed by atoms with Crippen molar-refractivity contribution in [1.82, 2.24) is 0 Å². The number of hydrogen-bond acceptors (Lipinski definition) is 3. The Morgan fingerprint density at radius 3 is 2.48 bits per heavy atom. The molecule has 2 aromatic rings. The molecule has 0 aliphatic heterocycles. The average molecular weight is 304 g/mol. The lowest BCUT2D eigenvalue weighted by Crippen LogP contribution is -1.96. The zero-order valence-electron chi connectivity index (χ0n) is 12.2. The Bertz CT molecular complexity index is 609. The minimum absolute atomic E-state index is 0.704. The van der Waals surface area contributed by atoms with Gasteiger partial charge in [-0.2, -0.15) is 0 Å². The van der Waals surface area contributed by atoms with Crippen molar-refractivity contribution in [3.8, 4) is 11.5 Å². The van der Waals surface area contributed by atoms with Crippen molar-refractivity contribution in [2.45, 2.75) is 6.42 Å². The number of hydrogen-bond donors (Lipinski definition) is 0. The third kappa shape index (κ3) is 4.23. The van der Waals surface area contributed by atoms with Crippen LogP contribution in [0.5, 0.6) is 11.5 Å². The quantitative estimate of drug-likeness (QED) is 0.755. The number of para-hydroxylation sites is 1. The number of halogens is 1. The summed E-state index contributed by atoms with van der Waals surface area (Å²) < 4.78 is 10.6. The van der Waals surface area contributed by atoms with Gasteiger partial charge in [-0.3, -0.25) is 4.99 Å². The molecule has 0 fully saturated rings. The van der Waals surface area contributed by atoms with Gasteiger partial charge in [0.1, 0.15) is 0 Å². The molecule has 4 heteroatoms. The summed E-state index contributed by atoms with van der Waals surface area (Å²) in [5, 5.41) is 0.753. The normalized spacial score (nSPS) is 10.8. The van der Waals surface area contributed by atoms with E-state index in [0.717, 1.165) is 17.0 Å². The van der Waals surface area contributed by atoms with Crippen LogP contribution in [0.25, 0.3) is 0 Å². The van der Waals surface area contributed by atoms with Crippen molar-refractivity contribution in [3.05, 3.63) is 58.6 Å². The molecule has 0 spiro atoms. The molecule has 3 nitrogen and oxygen atoms in total. The average Bonchev–Trinajstić information content (AvgIpc) is 2.52. The lowest BCUT2D eigenvalue weighted by molar-refractivity contribution is 0.354. The Hall–Kier alpha value is -2.00. The van der Waals surface area contributed by atoms with Crippen LogP contribution in [0.4, 0.5) is 0 Å². The fourth-order valence-electron chi connectivity index (χ4n) is 2.02. The molecule has 0 saturated carbocycles. The third-order valence-electron chi connectivity index (χ3n) is 3.11. The molecule has 0 bridgehead atoms. The number of rotatable bonds is 6. The van der Waals surface area contributed by atoms with Crippen LogP contribution in [0.15, 0.2) is 47.5 Å². The van der Waals surface area contributed by atoms with E-state index in [2.05, 4.69) is 4.99 Å². The second-order valence-corrected chi connectivity index (χ2v) is 4.93. The molecule has 0 aliphatic rings. The largest absolute Gasteiger partial charge is 0.493 e. The smallest absolute Gasteiger partial charge is 0.169 e. The molecular formula is C17H18ClNO2. The Morgan fingerprint density at radius 1 is 1.05 bits per heavy atom. The lowest BCUT2D eigenvalue weighted by atomic mass is 10.1. The van der Waals surface area contributed by atoms with Gasteiger partial charge in [0.2, 0.25) is 0 Å². The van der Waals surface area contributed by atoms with Gasteiger partial charge >= 0.3 is 0 Å². The minimum atomic E-state index is 0.704. The van der Waals surface area contributed by atoms with E-state index in [0.29, 0.717) is 18.0 Å². The standard InChI is InChI=1S/C17H18ClNO2/c1-20-16-5-3-4-14(17(16)21-2)12-19-11-10-13-6-8-15(18)9-7-13/h3-9,12H,10-11H2,1-2H3. The summed E-state index contributed by atoms with van der Waals surface area (Å²) in [5.74, 6) is 1.41. The minimum Gasteiger partial charge on any atom is -0.493 e. The fourth-order valence-corrected chi connectivity index (χ4v) is 2.15. The summed E-state index contributed by atoms with van der Waals surface area (Å²) in [5.41, 5.74) is 2.13. The van der Waals surface area contributed by atoms with Crippen molar-refractivity contribution in [2.75, 3.05) is 20.8 Å². The topological polar surface area (TPSA) is 30.8 Å². The highest BCUT2D eigenvalue weighted by Crippen LogP contribution is 2.29. The first-order valence-corrected chi connectivity index (χ1v) is 7.07. The van der Waals surface area contributed by atoms with E-state index >= 15 is 0 Å². The van der Waals surface area contributed by atoms with Gasteiger partial charge in [0.15, 0.2) is 11.5 Å². The third-order valence-corrected chi connectivity index (χ3v) is 3.36. The van der Waals surface area contributed by atoms with E-state index in [1.54, 1.807) is 14.2 Å². The molecule has 0 saturated heterocycles. The Labute approximate surface area is 130 Å². The molecule has 0 aromatic heterocycles. The number of ether oxygens (including phenoxy) is 2. The molecule has 0 unspecified atom stereocenters. The summed E-state index contributed by atoms with van der Waals surface area (Å²) in [6.45, 7) is 0.710. The predicted molar refractivity (Wildman–Crippen MR) is 87.2 cm³/mol. The molecule has 21 heavy (non-hydrogen) atoms. The Balaban J connectivity index is 2.00. The number of nitrogens with zero attached hydrogens (tertiary/aromatic N) is 1. The van der Waals surface area contributed by atoms with Gasteiger partial charge < -0.3 is 9.47 Å². The van der Waals surface area contributed by atoms with E-state index < -0.39 is 0 Å². The van der Waals surface area contributed by atoms with E-state index in [9.17, 15) is 0 Å². The van der Waals surface area contributed by atoms with Crippen LogP contribution in [0.2, 0.25) is 5.02 Å². The van der Waals surface area contributed by atoms with Crippen LogP contribution >= 0.6 is 11.6 Å². The maximum atomic E-state index is 5.86. The SMILES string of the molecule is COc1cccc(C=NCCc2ccc(Cl)cc2)c1OC. The summed E-state index contributed by atoms with van der Waals surface area (Å²) in [6.07, 6.45) is 2.69. The molecular weight excluding hydrogens is 286 g/mol. The van der Waals surface area contributed by atoms with Gasteiger partial charge in [-0.1, -0.05) is 29.8 Å². The lowest BCUT2D eigenvalue weighted by Gasteiger charge is -2.09. The zero-order valence-corrected chi connectivity index (χ0v) is 12.9. The molecule has 0 amide bonds. The molecule has 0 aliphatic carbocycles. The monoisotopic (exact) mass is 303 g/mol. The van der Waals surface area contributed by atoms with Crippen molar-refractivity contribution in [2.24, 2.45) is 4.99 Å². The summed E-state index contributed by atoms with van der Waals surface area (Å²) in [6, 6.07) is 13.6. The Kier molecular flexibility index (Phi) is 5.64. The molecule has 2 aromatic carbocycles. The van der Waals surface area contributed by atoms with Crippen molar-refractivity contribution in [1.29, 1.82) is 0 Å². The van der Waals surface area contributed by atoms with E-state index in [-0.39, 0.29) is 0 Å². The van der Waals surface area contributed by atoms with Gasteiger partial charge in [0.25, 0.3) is 0 Å². The van der Waals surface area contributed by atoms with Crippen LogP contribution in [0.3, 0.4) is 0 Å². The molecule has 2 rings (SSSR count). The summed E-state index contributed by atoms with van der Waals surface area (Å²) >= 11 is 5.86. The second-order valence-electron chi connectivity index (χ2n) is 4.49. The molecule has 0 N–H and O–H groups in total. The van der Waals surface area contributed by atoms with E-state index in [4.69, 9.17) is 21.1 Å². The van der Waals surface area contributed by atoms with Gasteiger partial charge in [-0.25, -0.2) is 0 Å². The highest BCUT2D eigenvalue weighted by molar-refractivity contribution is 6.30. The highest BCUT2D eigenvalue weighted by atomic mass is 35.5. The summed E-state index contributed by atoms with van der Waals surface area (Å²) in [7, 11) is 3.25. The van der Waals surface area contributed by atoms with Crippen LogP contribution in [0.1, 0.15) is 11.1 Å². The highest BCUT2D eigenvalue weighted by Gasteiger charge is 2.06. The first-order valence-electron chi connectivity index (χ1n) is 6.70. The van der Waals surface area contributed by atoms with E-state index in [1.807, 2.05) is 48.7 Å². The molecule has 0 radical (unpaired) electrons. The zero-order chi connectivity index (χ0) is 15.1. The van der Waals surface area contributed by atoms with Crippen molar-refractivity contribution >= 4 is 17.8 Å². The number of benzene rings is 2. The fraction of sp³-hybridized carbons (Fsp3) is 0.235. The molecule has 0 atom stereocenters. The molecule has 110 valence electrons. The van der Waals surface area contributed by atoms with Gasteiger partial charge in [0.05, 0.1) is 14.2 Å². The van der Waals surface area contributed by atoms with Gasteiger partial charge in [-0.15, -0.1) is 0 Å². The van der Waals surface area contributed by atoms with Crippen LogP contribution in [-0.4, -0.2) is 27.0 Å². The van der Waals surface area contributed by atoms with E-state index in [1.165, 1.54) is 5.56 Å². The maximum absolute atomic E-state index is 5.86. The van der Waals surface area contributed by atoms with Crippen molar-refractivity contribution in [3.63, 3.8) is 0 Å². The Morgan fingerprint density at radius 2 is 1.81 bits per heavy atom. The molecule has 0 heterocycles. The number of aliphatic imine (C=N–C) groups is 1. The summed E-state index contributed by atoms with van der Waals surface area (Å²) in [4.78, 5) is 4.45. The second kappa shape index (κ2) is 7.70. The van der Waals surface area contributed by atoms with Gasteiger partial charge in [0, 0.05) is 23.3 Å². The number of methoxy groups -OCH3 is 2. The first-order chi connectivity index (χ1) is 10.2. The van der Waals surface area contributed by atoms with Crippen LogP contribution in [0, 0.1) is 0 Å². The predicted octanol–water partition coefficient (Wildman–Crippen LogP) is 4.02. The maximum Gasteiger partial charge on any atom is 0.169 e. The van der Waals surface area contributed by atoms with Gasteiger partial charge in [-0.05, 0) is 36.2 Å². The first kappa shape index (κ1) is 15.4. The van der Waals surface area contributed by atoms with Crippen LogP contribution < -0.4 is 9.47 Å². The van der Waals surface area contributed by atoms with Crippen LogP contribution in [-0.2, 0) is 6.42 Å².